The molecule has 0 saturated heterocycles. The fraction of sp³-hybridized carbons (Fsp3) is 0.500. The Kier molecular flexibility index (Phi) is 6.76. The van der Waals surface area contributed by atoms with Gasteiger partial charge in [0.2, 0.25) is 5.88 Å². The second kappa shape index (κ2) is 8.65. The van der Waals surface area contributed by atoms with Crippen LogP contribution in [0.3, 0.4) is 0 Å². The average Bonchev–Trinajstić information content (AvgIpc) is 2.63. The first-order valence-electron chi connectivity index (χ1n) is 8.99. The summed E-state index contributed by atoms with van der Waals surface area (Å²) in [5.74, 6) is 0.104. The lowest BCUT2D eigenvalue weighted by atomic mass is 9.83. The van der Waals surface area contributed by atoms with Crippen molar-refractivity contribution in [1.29, 1.82) is 0 Å². The normalized spacial score (nSPS) is 11.9. The summed E-state index contributed by atoms with van der Waals surface area (Å²) in [7, 11) is 0. The summed E-state index contributed by atoms with van der Waals surface area (Å²) in [5.41, 5.74) is 0.216. The van der Waals surface area contributed by atoms with E-state index in [0.29, 0.717) is 29.6 Å². The molecule has 0 amide bonds. The molecule has 0 atom stereocenters. The molecule has 0 fully saturated rings. The van der Waals surface area contributed by atoms with Crippen LogP contribution in [0, 0.1) is 5.41 Å². The van der Waals surface area contributed by atoms with Gasteiger partial charge in [-0.1, -0.05) is 25.4 Å². The van der Waals surface area contributed by atoms with Gasteiger partial charge in [-0.15, -0.1) is 0 Å². The van der Waals surface area contributed by atoms with Crippen LogP contribution in [0.15, 0.2) is 30.7 Å². The van der Waals surface area contributed by atoms with Gasteiger partial charge in [-0.05, 0) is 45.7 Å². The van der Waals surface area contributed by atoms with Gasteiger partial charge < -0.3 is 9.47 Å². The van der Waals surface area contributed by atoms with Crippen LogP contribution >= 0.6 is 11.6 Å². The Morgan fingerprint density at radius 3 is 2.22 bits per heavy atom. The molecule has 27 heavy (non-hydrogen) atoms. The maximum atomic E-state index is 12.7. The number of esters is 1. The van der Waals surface area contributed by atoms with E-state index in [1.807, 2.05) is 40.7 Å². The van der Waals surface area contributed by atoms with E-state index in [1.54, 1.807) is 18.5 Å². The zero-order valence-electron chi connectivity index (χ0n) is 16.5. The Bertz CT molecular complexity index is 752. The maximum absolute atomic E-state index is 12.7. The maximum Gasteiger partial charge on any atom is 0.316 e. The highest BCUT2D eigenvalue weighted by Gasteiger charge is 2.39. The molecule has 7 heteroatoms. The molecule has 0 aliphatic heterocycles. The van der Waals surface area contributed by atoms with E-state index < -0.39 is 11.0 Å². The second-order valence-electron chi connectivity index (χ2n) is 7.39. The van der Waals surface area contributed by atoms with Crippen LogP contribution in [0.2, 0.25) is 5.15 Å². The van der Waals surface area contributed by atoms with Gasteiger partial charge in [0.25, 0.3) is 0 Å². The number of hydrogen-bond donors (Lipinski definition) is 0. The third-order valence-corrected chi connectivity index (χ3v) is 4.56. The molecule has 0 aromatic carbocycles. The first-order chi connectivity index (χ1) is 12.7. The third-order valence-electron chi connectivity index (χ3n) is 4.33. The molecule has 0 aliphatic rings. The van der Waals surface area contributed by atoms with Crippen LogP contribution in [0.5, 0.6) is 5.88 Å². The molecule has 0 unspecified atom stereocenters. The molecule has 6 nitrogen and oxygen atoms in total. The fourth-order valence-electron chi connectivity index (χ4n) is 2.47. The van der Waals surface area contributed by atoms with Crippen LogP contribution in [-0.4, -0.2) is 33.1 Å². The first kappa shape index (κ1) is 21.1. The molecule has 146 valence electrons. The molecule has 0 saturated carbocycles. The van der Waals surface area contributed by atoms with Crippen molar-refractivity contribution in [1.82, 2.24) is 15.0 Å². The highest BCUT2D eigenvalue weighted by molar-refractivity contribution is 6.29. The molecule has 0 N–H and O–H groups in total. The largest absolute Gasteiger partial charge is 0.475 e. The Labute approximate surface area is 165 Å². The monoisotopic (exact) mass is 391 g/mol. The Balaban J connectivity index is 2.08. The van der Waals surface area contributed by atoms with Gasteiger partial charge in [-0.25, -0.2) is 15.0 Å². The number of rotatable bonds is 7. The van der Waals surface area contributed by atoms with Crippen LogP contribution in [0.25, 0.3) is 11.3 Å². The van der Waals surface area contributed by atoms with Gasteiger partial charge >= 0.3 is 5.97 Å². The summed E-state index contributed by atoms with van der Waals surface area (Å²) in [6.45, 7) is 9.68. The SMILES string of the molecule is CCC(CC)(COc1cnc(-c2ccc(Cl)nc2)cn1)C(=O)OC(C)(C)C. The number of pyridine rings is 1. The number of hydrogen-bond acceptors (Lipinski definition) is 6. The van der Waals surface area contributed by atoms with Crippen LogP contribution in [0.1, 0.15) is 47.5 Å². The smallest absolute Gasteiger partial charge is 0.316 e. The van der Waals surface area contributed by atoms with E-state index in [1.165, 1.54) is 6.20 Å². The predicted molar refractivity (Wildman–Crippen MR) is 105 cm³/mol. The van der Waals surface area contributed by atoms with Crippen molar-refractivity contribution in [2.24, 2.45) is 5.41 Å². The van der Waals surface area contributed by atoms with Crippen LogP contribution in [-0.2, 0) is 9.53 Å². The predicted octanol–water partition coefficient (Wildman–Crippen LogP) is 4.72. The Morgan fingerprint density at radius 2 is 1.74 bits per heavy atom. The molecular formula is C20H26ClN3O3. The minimum absolute atomic E-state index is 0.186. The highest BCUT2D eigenvalue weighted by atomic mass is 35.5. The van der Waals surface area contributed by atoms with Crippen molar-refractivity contribution in [2.45, 2.75) is 53.1 Å². The Hall–Kier alpha value is -2.21. The van der Waals surface area contributed by atoms with Crippen LogP contribution < -0.4 is 4.74 Å². The quantitative estimate of drug-likeness (QED) is 0.502. The number of aromatic nitrogens is 3. The lowest BCUT2D eigenvalue weighted by Gasteiger charge is -2.32. The molecule has 0 aliphatic carbocycles. The zero-order chi connectivity index (χ0) is 20.1. The fourth-order valence-corrected chi connectivity index (χ4v) is 2.58. The third kappa shape index (κ3) is 5.63. The standard InChI is InChI=1S/C20H26ClN3O3/c1-6-20(7-2,18(25)27-19(3,4)5)13-26-17-12-22-15(11-24-17)14-8-9-16(21)23-10-14/h8-12H,6-7,13H2,1-5H3. The highest BCUT2D eigenvalue weighted by Crippen LogP contribution is 2.31. The van der Waals surface area contributed by atoms with Crippen molar-refractivity contribution < 1.29 is 14.3 Å². The van der Waals surface area contributed by atoms with Crippen LogP contribution in [0.4, 0.5) is 0 Å². The van der Waals surface area contributed by atoms with E-state index in [2.05, 4.69) is 15.0 Å². The minimum atomic E-state index is -0.715. The number of carbonyl (C=O) groups is 1. The van der Waals surface area contributed by atoms with Crippen molar-refractivity contribution in [3.8, 4) is 17.1 Å². The lowest BCUT2D eigenvalue weighted by molar-refractivity contribution is -0.170. The molecular weight excluding hydrogens is 366 g/mol. The average molecular weight is 392 g/mol. The van der Waals surface area contributed by atoms with Gasteiger partial charge in [0.05, 0.1) is 18.1 Å². The second-order valence-corrected chi connectivity index (χ2v) is 7.77. The first-order valence-corrected chi connectivity index (χ1v) is 9.37. The van der Waals surface area contributed by atoms with Crippen molar-refractivity contribution >= 4 is 17.6 Å². The Morgan fingerprint density at radius 1 is 1.04 bits per heavy atom. The van der Waals surface area contributed by atoms with Crippen molar-refractivity contribution in [3.05, 3.63) is 35.9 Å². The molecule has 0 radical (unpaired) electrons. The zero-order valence-corrected chi connectivity index (χ0v) is 17.2. The summed E-state index contributed by atoms with van der Waals surface area (Å²) in [6.07, 6.45) is 6.00. The molecule has 2 aromatic heterocycles. The van der Waals surface area contributed by atoms with Crippen molar-refractivity contribution in [3.63, 3.8) is 0 Å². The summed E-state index contributed by atoms with van der Waals surface area (Å²) < 4.78 is 11.4. The van der Waals surface area contributed by atoms with Gasteiger partial charge in [0.15, 0.2) is 0 Å². The van der Waals surface area contributed by atoms with Gasteiger partial charge in [-0.3, -0.25) is 4.79 Å². The number of halogens is 1. The van der Waals surface area contributed by atoms with E-state index in [4.69, 9.17) is 21.1 Å². The molecule has 2 heterocycles. The number of ether oxygens (including phenoxy) is 2. The van der Waals surface area contributed by atoms with Gasteiger partial charge in [-0.2, -0.15) is 0 Å². The van der Waals surface area contributed by atoms with E-state index in [9.17, 15) is 4.79 Å². The van der Waals surface area contributed by atoms with Gasteiger partial charge in [0, 0.05) is 11.8 Å². The van der Waals surface area contributed by atoms with Gasteiger partial charge in [0.1, 0.15) is 22.8 Å². The lowest BCUT2D eigenvalue weighted by Crippen LogP contribution is -2.41. The summed E-state index contributed by atoms with van der Waals surface area (Å²) in [5, 5.41) is 0.421. The van der Waals surface area contributed by atoms with E-state index >= 15 is 0 Å². The van der Waals surface area contributed by atoms with E-state index in [0.717, 1.165) is 5.56 Å². The molecule has 2 aromatic rings. The topological polar surface area (TPSA) is 74.2 Å². The summed E-state index contributed by atoms with van der Waals surface area (Å²) in [6, 6.07) is 3.52. The number of carbonyl (C=O) groups excluding carboxylic acids is 1. The van der Waals surface area contributed by atoms with E-state index in [-0.39, 0.29) is 12.6 Å². The molecule has 0 bridgehead atoms. The summed E-state index contributed by atoms with van der Waals surface area (Å²) in [4.78, 5) is 25.3. The number of nitrogens with zero attached hydrogens (tertiary/aromatic N) is 3. The van der Waals surface area contributed by atoms with Crippen molar-refractivity contribution in [2.75, 3.05) is 6.61 Å². The molecule has 2 rings (SSSR count). The molecule has 0 spiro atoms. The summed E-state index contributed by atoms with van der Waals surface area (Å²) >= 11 is 5.80. The minimum Gasteiger partial charge on any atom is -0.475 e.